The first-order chi connectivity index (χ1) is 10.7. The summed E-state index contributed by atoms with van der Waals surface area (Å²) in [5.41, 5.74) is 2.47. The van der Waals surface area contributed by atoms with Crippen LogP contribution in [-0.2, 0) is 17.9 Å². The van der Waals surface area contributed by atoms with E-state index in [1.54, 1.807) is 0 Å². The van der Waals surface area contributed by atoms with E-state index >= 15 is 0 Å². The number of benzene rings is 1. The minimum Gasteiger partial charge on any atom is -0.393 e. The Hall–Kier alpha value is -1.39. The van der Waals surface area contributed by atoms with Crippen molar-refractivity contribution >= 4 is 5.91 Å². The topological polar surface area (TPSA) is 52.6 Å². The zero-order valence-electron chi connectivity index (χ0n) is 13.6. The van der Waals surface area contributed by atoms with Crippen LogP contribution < -0.4 is 5.32 Å². The quantitative estimate of drug-likeness (QED) is 0.813. The molecule has 1 aliphatic heterocycles. The monoisotopic (exact) mass is 304 g/mol. The highest BCUT2D eigenvalue weighted by Crippen LogP contribution is 2.16. The van der Waals surface area contributed by atoms with E-state index in [0.717, 1.165) is 45.3 Å². The van der Waals surface area contributed by atoms with Gasteiger partial charge in [0.2, 0.25) is 5.91 Å². The first-order valence-corrected chi connectivity index (χ1v) is 8.43. The summed E-state index contributed by atoms with van der Waals surface area (Å²) in [5.74, 6) is 0.137. The average Bonchev–Trinajstić information content (AvgIpc) is 2.54. The van der Waals surface area contributed by atoms with E-state index < -0.39 is 0 Å². The molecule has 1 aliphatic rings. The minimum atomic E-state index is -0.135. The van der Waals surface area contributed by atoms with E-state index in [1.807, 2.05) is 6.07 Å². The Labute approximate surface area is 133 Å². The molecule has 122 valence electrons. The molecule has 22 heavy (non-hydrogen) atoms. The van der Waals surface area contributed by atoms with Gasteiger partial charge in [-0.15, -0.1) is 0 Å². The highest BCUT2D eigenvalue weighted by Gasteiger charge is 2.17. The van der Waals surface area contributed by atoms with Gasteiger partial charge in [-0.2, -0.15) is 0 Å². The Morgan fingerprint density at radius 3 is 2.64 bits per heavy atom. The van der Waals surface area contributed by atoms with Crippen LogP contribution in [0.15, 0.2) is 24.3 Å². The highest BCUT2D eigenvalue weighted by atomic mass is 16.3. The van der Waals surface area contributed by atoms with Crippen molar-refractivity contribution in [2.45, 2.75) is 58.2 Å². The normalized spacial score (nSPS) is 16.6. The Balaban J connectivity index is 1.88. The number of aliphatic hydroxyl groups is 1. The summed E-state index contributed by atoms with van der Waals surface area (Å²) in [6.45, 7) is 5.48. The second-order valence-corrected chi connectivity index (χ2v) is 6.16. The molecule has 1 fully saturated rings. The Morgan fingerprint density at radius 2 is 1.95 bits per heavy atom. The molecule has 0 aromatic heterocycles. The average molecular weight is 304 g/mol. The standard InChI is InChI=1S/C18H28N2O2/c1-2-3-8-18(22)19-13-15-6-4-5-7-16(15)14-20-11-9-17(21)10-12-20/h4-7,17,21H,2-3,8-14H2,1H3,(H,19,22). The number of hydrogen-bond donors (Lipinski definition) is 2. The summed E-state index contributed by atoms with van der Waals surface area (Å²) >= 11 is 0. The summed E-state index contributed by atoms with van der Waals surface area (Å²) in [5, 5.41) is 12.6. The molecule has 1 amide bonds. The van der Waals surface area contributed by atoms with Crippen molar-refractivity contribution in [2.75, 3.05) is 13.1 Å². The van der Waals surface area contributed by atoms with Gasteiger partial charge in [-0.25, -0.2) is 0 Å². The molecule has 1 aromatic rings. The second kappa shape index (κ2) is 8.91. The third-order valence-electron chi connectivity index (χ3n) is 4.30. The summed E-state index contributed by atoms with van der Waals surface area (Å²) in [4.78, 5) is 14.1. The lowest BCUT2D eigenvalue weighted by molar-refractivity contribution is -0.121. The van der Waals surface area contributed by atoms with Crippen LogP contribution in [0.1, 0.15) is 50.2 Å². The van der Waals surface area contributed by atoms with E-state index in [1.165, 1.54) is 11.1 Å². The van der Waals surface area contributed by atoms with Crippen molar-refractivity contribution < 1.29 is 9.90 Å². The number of aliphatic hydroxyl groups excluding tert-OH is 1. The Morgan fingerprint density at radius 1 is 1.27 bits per heavy atom. The van der Waals surface area contributed by atoms with Gasteiger partial charge in [0.05, 0.1) is 6.10 Å². The minimum absolute atomic E-state index is 0.135. The molecule has 0 aliphatic carbocycles. The molecule has 2 rings (SSSR count). The van der Waals surface area contributed by atoms with Gasteiger partial charge in [-0.3, -0.25) is 9.69 Å². The lowest BCUT2D eigenvalue weighted by Crippen LogP contribution is -2.35. The van der Waals surface area contributed by atoms with Crippen molar-refractivity contribution in [3.05, 3.63) is 35.4 Å². The number of nitrogens with one attached hydrogen (secondary N) is 1. The number of likely N-dealkylation sites (tertiary alicyclic amines) is 1. The fraction of sp³-hybridized carbons (Fsp3) is 0.611. The first-order valence-electron chi connectivity index (χ1n) is 8.43. The van der Waals surface area contributed by atoms with Gasteiger partial charge in [-0.05, 0) is 30.4 Å². The third-order valence-corrected chi connectivity index (χ3v) is 4.30. The molecule has 1 heterocycles. The molecular formula is C18H28N2O2. The molecule has 0 radical (unpaired) electrons. The number of carbonyl (C=O) groups excluding carboxylic acids is 1. The number of nitrogens with zero attached hydrogens (tertiary/aromatic N) is 1. The molecule has 4 heteroatoms. The molecule has 1 aromatic carbocycles. The molecule has 0 bridgehead atoms. The predicted octanol–water partition coefficient (Wildman–Crippen LogP) is 2.45. The zero-order chi connectivity index (χ0) is 15.8. The van der Waals surface area contributed by atoms with Gasteiger partial charge in [-0.1, -0.05) is 37.6 Å². The summed E-state index contributed by atoms with van der Waals surface area (Å²) in [6, 6.07) is 8.31. The van der Waals surface area contributed by atoms with Crippen molar-refractivity contribution in [3.63, 3.8) is 0 Å². The maximum Gasteiger partial charge on any atom is 0.220 e. The summed E-state index contributed by atoms with van der Waals surface area (Å²) < 4.78 is 0. The van der Waals surface area contributed by atoms with Crippen LogP contribution in [0, 0.1) is 0 Å². The van der Waals surface area contributed by atoms with Crippen LogP contribution in [0.2, 0.25) is 0 Å². The van der Waals surface area contributed by atoms with Crippen molar-refractivity contribution in [2.24, 2.45) is 0 Å². The molecule has 0 unspecified atom stereocenters. The van der Waals surface area contributed by atoms with E-state index in [4.69, 9.17) is 0 Å². The van der Waals surface area contributed by atoms with E-state index in [-0.39, 0.29) is 12.0 Å². The SMILES string of the molecule is CCCCC(=O)NCc1ccccc1CN1CCC(O)CC1. The van der Waals surface area contributed by atoms with Crippen LogP contribution in [0.5, 0.6) is 0 Å². The molecule has 1 saturated heterocycles. The van der Waals surface area contributed by atoms with Crippen molar-refractivity contribution in [3.8, 4) is 0 Å². The maximum atomic E-state index is 11.8. The molecule has 0 saturated carbocycles. The van der Waals surface area contributed by atoms with Gasteiger partial charge in [0.25, 0.3) is 0 Å². The van der Waals surface area contributed by atoms with E-state index in [2.05, 4.69) is 35.3 Å². The van der Waals surface area contributed by atoms with Crippen molar-refractivity contribution in [1.29, 1.82) is 0 Å². The lowest BCUT2D eigenvalue weighted by Gasteiger charge is -2.30. The van der Waals surface area contributed by atoms with Crippen LogP contribution in [0.4, 0.5) is 0 Å². The largest absolute Gasteiger partial charge is 0.393 e. The van der Waals surface area contributed by atoms with Crippen LogP contribution in [0.3, 0.4) is 0 Å². The second-order valence-electron chi connectivity index (χ2n) is 6.16. The number of carbonyl (C=O) groups is 1. The predicted molar refractivity (Wildman–Crippen MR) is 88.3 cm³/mol. The first kappa shape index (κ1) is 17.0. The lowest BCUT2D eigenvalue weighted by atomic mass is 10.0. The van der Waals surface area contributed by atoms with Gasteiger partial charge >= 0.3 is 0 Å². The highest BCUT2D eigenvalue weighted by molar-refractivity contribution is 5.75. The van der Waals surface area contributed by atoms with Crippen molar-refractivity contribution in [1.82, 2.24) is 10.2 Å². The molecular weight excluding hydrogens is 276 g/mol. The molecule has 2 N–H and O–H groups in total. The summed E-state index contributed by atoms with van der Waals surface area (Å²) in [7, 11) is 0. The van der Waals surface area contributed by atoms with E-state index in [0.29, 0.717) is 13.0 Å². The van der Waals surface area contributed by atoms with Gasteiger partial charge < -0.3 is 10.4 Å². The number of amides is 1. The van der Waals surface area contributed by atoms with Gasteiger partial charge in [0.15, 0.2) is 0 Å². The Kier molecular flexibility index (Phi) is 6.87. The number of piperidine rings is 1. The zero-order valence-corrected chi connectivity index (χ0v) is 13.6. The van der Waals surface area contributed by atoms with Gasteiger partial charge in [0, 0.05) is 32.6 Å². The Bertz CT molecular complexity index is 468. The number of rotatable bonds is 7. The smallest absolute Gasteiger partial charge is 0.220 e. The number of unbranched alkanes of at least 4 members (excludes halogenated alkanes) is 1. The summed E-state index contributed by atoms with van der Waals surface area (Å²) in [6.07, 6.45) is 4.19. The third kappa shape index (κ3) is 5.43. The number of hydrogen-bond acceptors (Lipinski definition) is 3. The fourth-order valence-electron chi connectivity index (χ4n) is 2.82. The van der Waals surface area contributed by atoms with Gasteiger partial charge in [0.1, 0.15) is 0 Å². The maximum absolute atomic E-state index is 11.8. The van der Waals surface area contributed by atoms with E-state index in [9.17, 15) is 9.90 Å². The molecule has 0 spiro atoms. The van der Waals surface area contributed by atoms with Crippen LogP contribution in [0.25, 0.3) is 0 Å². The molecule has 0 atom stereocenters. The van der Waals surface area contributed by atoms with Crippen LogP contribution in [-0.4, -0.2) is 35.1 Å². The van der Waals surface area contributed by atoms with Crippen LogP contribution >= 0.6 is 0 Å². The fourth-order valence-corrected chi connectivity index (χ4v) is 2.82. The molecule has 4 nitrogen and oxygen atoms in total.